The first kappa shape index (κ1) is 9.52. The summed E-state index contributed by atoms with van der Waals surface area (Å²) >= 11 is 0. The molecule has 0 aliphatic heterocycles. The molecule has 0 aromatic rings. The van der Waals surface area contributed by atoms with Gasteiger partial charge >= 0.3 is 0 Å². The molecule has 0 rings (SSSR count). The third kappa shape index (κ3) is 2.89. The van der Waals surface area contributed by atoms with Crippen molar-refractivity contribution >= 4 is 0 Å². The third-order valence-electron chi connectivity index (χ3n) is 1.21. The van der Waals surface area contributed by atoms with Crippen molar-refractivity contribution in [3.05, 3.63) is 12.2 Å². The Kier molecular flexibility index (Phi) is 4.14. The molecule has 2 nitrogen and oxygen atoms in total. The van der Waals surface area contributed by atoms with Gasteiger partial charge in [0.15, 0.2) is 0 Å². The molecule has 10 heavy (non-hydrogen) atoms. The van der Waals surface area contributed by atoms with Crippen LogP contribution in [0.4, 0.5) is 8.78 Å². The van der Waals surface area contributed by atoms with E-state index < -0.39 is 12.5 Å². The summed E-state index contributed by atoms with van der Waals surface area (Å²) in [6, 6.07) is -1.22. The maximum atomic E-state index is 11.8. The molecule has 0 radical (unpaired) electrons. The SMILES string of the molecule is C=C(CCN)C(N)C(F)F. The second-order valence-corrected chi connectivity index (χ2v) is 2.06. The molecule has 0 spiro atoms. The van der Waals surface area contributed by atoms with Gasteiger partial charge in [-0.3, -0.25) is 0 Å². The third-order valence-corrected chi connectivity index (χ3v) is 1.21. The lowest BCUT2D eigenvalue weighted by molar-refractivity contribution is 0.128. The second kappa shape index (κ2) is 4.35. The highest BCUT2D eigenvalue weighted by atomic mass is 19.3. The van der Waals surface area contributed by atoms with Crippen molar-refractivity contribution in [2.45, 2.75) is 18.9 Å². The molecule has 0 saturated heterocycles. The van der Waals surface area contributed by atoms with E-state index in [4.69, 9.17) is 11.5 Å². The van der Waals surface area contributed by atoms with Crippen molar-refractivity contribution in [2.75, 3.05) is 6.54 Å². The minimum atomic E-state index is -2.53. The lowest BCUT2D eigenvalue weighted by Crippen LogP contribution is -2.31. The maximum absolute atomic E-state index is 11.8. The summed E-state index contributed by atoms with van der Waals surface area (Å²) < 4.78 is 23.6. The van der Waals surface area contributed by atoms with Gasteiger partial charge in [-0.25, -0.2) is 8.78 Å². The Balaban J connectivity index is 3.71. The summed E-state index contributed by atoms with van der Waals surface area (Å²) in [7, 11) is 0. The molecule has 0 heterocycles. The summed E-state index contributed by atoms with van der Waals surface area (Å²) in [5, 5.41) is 0. The second-order valence-electron chi connectivity index (χ2n) is 2.06. The average molecular weight is 150 g/mol. The number of alkyl halides is 2. The van der Waals surface area contributed by atoms with Gasteiger partial charge in [-0.15, -0.1) is 0 Å². The number of hydrogen-bond donors (Lipinski definition) is 2. The highest BCUT2D eigenvalue weighted by molar-refractivity contribution is 5.05. The normalized spacial score (nSPS) is 13.7. The zero-order chi connectivity index (χ0) is 8.15. The van der Waals surface area contributed by atoms with Gasteiger partial charge in [0.2, 0.25) is 0 Å². The van der Waals surface area contributed by atoms with E-state index in [2.05, 4.69) is 6.58 Å². The smallest absolute Gasteiger partial charge is 0.257 e. The predicted molar refractivity (Wildman–Crippen MR) is 36.8 cm³/mol. The summed E-state index contributed by atoms with van der Waals surface area (Å²) in [5.41, 5.74) is 10.5. The number of halogens is 2. The van der Waals surface area contributed by atoms with Gasteiger partial charge in [0.25, 0.3) is 6.43 Å². The molecule has 1 unspecified atom stereocenters. The largest absolute Gasteiger partial charge is 0.330 e. The standard InChI is InChI=1S/C6H12F2N2/c1-4(2-3-9)5(10)6(7)8/h5-6H,1-3,9-10H2. The first-order valence-corrected chi connectivity index (χ1v) is 3.01. The number of rotatable bonds is 4. The first-order valence-electron chi connectivity index (χ1n) is 3.01. The van der Waals surface area contributed by atoms with Crippen molar-refractivity contribution in [3.8, 4) is 0 Å². The van der Waals surface area contributed by atoms with Crippen LogP contribution < -0.4 is 11.5 Å². The Hall–Kier alpha value is -0.480. The van der Waals surface area contributed by atoms with E-state index in [1.165, 1.54) is 0 Å². The van der Waals surface area contributed by atoms with E-state index in [9.17, 15) is 8.78 Å². The molecule has 4 N–H and O–H groups in total. The molecule has 0 aromatic heterocycles. The Bertz CT molecular complexity index is 114. The Morgan fingerprint density at radius 2 is 2.00 bits per heavy atom. The van der Waals surface area contributed by atoms with E-state index in [0.717, 1.165) is 0 Å². The van der Waals surface area contributed by atoms with Crippen molar-refractivity contribution < 1.29 is 8.78 Å². The molecule has 0 aliphatic carbocycles. The van der Waals surface area contributed by atoms with Crippen LogP contribution in [0.15, 0.2) is 12.2 Å². The molecule has 4 heteroatoms. The minimum Gasteiger partial charge on any atom is -0.330 e. The van der Waals surface area contributed by atoms with Crippen LogP contribution in [0.2, 0.25) is 0 Å². The highest BCUT2D eigenvalue weighted by Gasteiger charge is 2.17. The molecule has 1 atom stereocenters. The monoisotopic (exact) mass is 150 g/mol. The Labute approximate surface area is 58.9 Å². The lowest BCUT2D eigenvalue weighted by atomic mass is 10.1. The minimum absolute atomic E-state index is 0.317. The van der Waals surface area contributed by atoms with E-state index >= 15 is 0 Å². The molecular weight excluding hydrogens is 138 g/mol. The zero-order valence-electron chi connectivity index (χ0n) is 5.69. The van der Waals surface area contributed by atoms with Gasteiger partial charge in [0, 0.05) is 0 Å². The van der Waals surface area contributed by atoms with Crippen LogP contribution in [-0.4, -0.2) is 19.0 Å². The van der Waals surface area contributed by atoms with Crippen LogP contribution in [0.5, 0.6) is 0 Å². The van der Waals surface area contributed by atoms with Crippen LogP contribution in [0.1, 0.15) is 6.42 Å². The number of nitrogens with two attached hydrogens (primary N) is 2. The van der Waals surface area contributed by atoms with Gasteiger partial charge < -0.3 is 11.5 Å². The van der Waals surface area contributed by atoms with Crippen LogP contribution in [0, 0.1) is 0 Å². The van der Waals surface area contributed by atoms with Gasteiger partial charge in [0.05, 0.1) is 6.04 Å². The van der Waals surface area contributed by atoms with Gasteiger partial charge in [-0.05, 0) is 13.0 Å². The van der Waals surface area contributed by atoms with Crippen LogP contribution in [0.3, 0.4) is 0 Å². The molecule has 0 aromatic carbocycles. The molecule has 0 saturated carbocycles. The summed E-state index contributed by atoms with van der Waals surface area (Å²) in [6.07, 6.45) is -2.16. The number of hydrogen-bond acceptors (Lipinski definition) is 2. The summed E-state index contributed by atoms with van der Waals surface area (Å²) in [6.45, 7) is 3.70. The molecule has 0 aliphatic rings. The summed E-state index contributed by atoms with van der Waals surface area (Å²) in [4.78, 5) is 0. The van der Waals surface area contributed by atoms with Gasteiger partial charge in [0.1, 0.15) is 0 Å². The fourth-order valence-corrected chi connectivity index (χ4v) is 0.530. The topological polar surface area (TPSA) is 52.0 Å². The molecule has 0 fully saturated rings. The average Bonchev–Trinajstić information content (AvgIpc) is 1.87. The highest BCUT2D eigenvalue weighted by Crippen LogP contribution is 2.09. The van der Waals surface area contributed by atoms with E-state index in [1.54, 1.807) is 0 Å². The Morgan fingerprint density at radius 3 is 2.30 bits per heavy atom. The van der Waals surface area contributed by atoms with Crippen LogP contribution >= 0.6 is 0 Å². The molecule has 0 amide bonds. The molecule has 60 valence electrons. The first-order chi connectivity index (χ1) is 4.59. The van der Waals surface area contributed by atoms with Crippen molar-refractivity contribution in [2.24, 2.45) is 11.5 Å². The lowest BCUT2D eigenvalue weighted by Gasteiger charge is -2.11. The fourth-order valence-electron chi connectivity index (χ4n) is 0.530. The molecule has 0 bridgehead atoms. The molecular formula is C6H12F2N2. The van der Waals surface area contributed by atoms with Gasteiger partial charge in [-0.1, -0.05) is 12.2 Å². The van der Waals surface area contributed by atoms with Crippen LogP contribution in [0.25, 0.3) is 0 Å². The van der Waals surface area contributed by atoms with E-state index in [1.807, 2.05) is 0 Å². The van der Waals surface area contributed by atoms with Crippen molar-refractivity contribution in [3.63, 3.8) is 0 Å². The fraction of sp³-hybridized carbons (Fsp3) is 0.667. The zero-order valence-corrected chi connectivity index (χ0v) is 5.69. The van der Waals surface area contributed by atoms with Crippen molar-refractivity contribution in [1.82, 2.24) is 0 Å². The van der Waals surface area contributed by atoms with Crippen LogP contribution in [-0.2, 0) is 0 Å². The Morgan fingerprint density at radius 1 is 1.50 bits per heavy atom. The van der Waals surface area contributed by atoms with Crippen molar-refractivity contribution in [1.29, 1.82) is 0 Å². The summed E-state index contributed by atoms with van der Waals surface area (Å²) in [5.74, 6) is 0. The van der Waals surface area contributed by atoms with E-state index in [-0.39, 0.29) is 0 Å². The maximum Gasteiger partial charge on any atom is 0.257 e. The predicted octanol–water partition coefficient (Wildman–Crippen LogP) is 0.484. The quantitative estimate of drug-likeness (QED) is 0.573. The van der Waals surface area contributed by atoms with Gasteiger partial charge in [-0.2, -0.15) is 0 Å². The van der Waals surface area contributed by atoms with E-state index in [0.29, 0.717) is 18.5 Å².